The van der Waals surface area contributed by atoms with Crippen LogP contribution in [0.4, 0.5) is 0 Å². The quantitative estimate of drug-likeness (QED) is 0.333. The predicted molar refractivity (Wildman–Crippen MR) is 145 cm³/mol. The van der Waals surface area contributed by atoms with Crippen molar-refractivity contribution in [3.63, 3.8) is 0 Å². The van der Waals surface area contributed by atoms with Crippen molar-refractivity contribution in [3.8, 4) is 22.5 Å². The van der Waals surface area contributed by atoms with Crippen LogP contribution in [0.15, 0.2) is 109 Å². The van der Waals surface area contributed by atoms with Gasteiger partial charge in [-0.2, -0.15) is 0 Å². The number of hydrazine groups is 1. The van der Waals surface area contributed by atoms with Gasteiger partial charge in [-0.15, -0.1) is 0 Å². The highest BCUT2D eigenvalue weighted by Gasteiger charge is 2.20. The van der Waals surface area contributed by atoms with Gasteiger partial charge in [0, 0.05) is 34.3 Å². The number of fused-ring (bicyclic) bond motifs is 2. The molecule has 182 valence electrons. The van der Waals surface area contributed by atoms with Crippen molar-refractivity contribution in [2.24, 2.45) is 0 Å². The number of aromatic nitrogens is 4. The van der Waals surface area contributed by atoms with Gasteiger partial charge < -0.3 is 0 Å². The molecule has 0 fully saturated rings. The van der Waals surface area contributed by atoms with E-state index in [9.17, 15) is 9.59 Å². The van der Waals surface area contributed by atoms with Gasteiger partial charge in [0.2, 0.25) is 0 Å². The second-order valence-electron chi connectivity index (χ2n) is 8.51. The van der Waals surface area contributed by atoms with Gasteiger partial charge in [-0.25, -0.2) is 19.9 Å². The molecule has 38 heavy (non-hydrogen) atoms. The van der Waals surface area contributed by atoms with E-state index in [4.69, 9.17) is 0 Å². The molecular weight excluding hydrogens is 476 g/mol. The molecule has 6 rings (SSSR count). The van der Waals surface area contributed by atoms with Gasteiger partial charge >= 0.3 is 0 Å². The van der Waals surface area contributed by atoms with E-state index in [-0.39, 0.29) is 0 Å². The molecule has 0 atom stereocenters. The number of carbonyl (C=O) groups excluding carboxylic acids is 2. The van der Waals surface area contributed by atoms with Crippen LogP contribution in [0.2, 0.25) is 0 Å². The Labute approximate surface area is 217 Å². The summed E-state index contributed by atoms with van der Waals surface area (Å²) in [7, 11) is 0. The van der Waals surface area contributed by atoms with E-state index in [0.717, 1.165) is 11.1 Å². The average Bonchev–Trinajstić information content (AvgIpc) is 2.99. The molecule has 0 aliphatic rings. The molecule has 0 spiro atoms. The van der Waals surface area contributed by atoms with Crippen LogP contribution in [-0.4, -0.2) is 31.8 Å². The minimum atomic E-state index is -0.507. The molecule has 8 heteroatoms. The predicted octanol–water partition coefficient (Wildman–Crippen LogP) is 4.98. The zero-order chi connectivity index (χ0) is 25.9. The van der Waals surface area contributed by atoms with Crippen LogP contribution in [0.5, 0.6) is 0 Å². The fraction of sp³-hybridized carbons (Fsp3) is 0. The van der Waals surface area contributed by atoms with Gasteiger partial charge in [0.25, 0.3) is 11.8 Å². The van der Waals surface area contributed by atoms with Crippen LogP contribution in [0.25, 0.3) is 44.6 Å². The lowest BCUT2D eigenvalue weighted by Gasteiger charge is -2.14. The number of benzene rings is 2. The molecule has 0 saturated carbocycles. The van der Waals surface area contributed by atoms with Crippen molar-refractivity contribution < 1.29 is 9.59 Å². The minimum absolute atomic E-state index is 0.307. The summed E-state index contributed by atoms with van der Waals surface area (Å²) in [6.45, 7) is 0. The topological polar surface area (TPSA) is 110 Å². The molecule has 0 aliphatic heterocycles. The molecule has 0 aliphatic carbocycles. The average molecular weight is 497 g/mol. The van der Waals surface area contributed by atoms with Crippen molar-refractivity contribution in [2.75, 3.05) is 0 Å². The molecule has 4 heterocycles. The number of rotatable bonds is 4. The number of hydrogen-bond acceptors (Lipinski definition) is 6. The fourth-order valence-electron chi connectivity index (χ4n) is 4.24. The third-order valence-electron chi connectivity index (χ3n) is 6.05. The monoisotopic (exact) mass is 496 g/mol. The summed E-state index contributed by atoms with van der Waals surface area (Å²) >= 11 is 0. The lowest BCUT2D eigenvalue weighted by molar-refractivity contribution is 0.0847. The number of hydrogen-bond donors (Lipinski definition) is 2. The summed E-state index contributed by atoms with van der Waals surface area (Å²) in [5.41, 5.74) is 9.22. The maximum Gasteiger partial charge on any atom is 0.271 e. The molecule has 2 amide bonds. The minimum Gasteiger partial charge on any atom is -0.267 e. The maximum absolute atomic E-state index is 13.4. The van der Waals surface area contributed by atoms with Crippen molar-refractivity contribution in [1.29, 1.82) is 0 Å². The number of amides is 2. The van der Waals surface area contributed by atoms with Crippen LogP contribution in [0.1, 0.15) is 20.7 Å². The highest BCUT2D eigenvalue weighted by atomic mass is 16.2. The van der Waals surface area contributed by atoms with Crippen molar-refractivity contribution >= 4 is 33.9 Å². The molecular formula is C30H20N6O2. The van der Waals surface area contributed by atoms with E-state index >= 15 is 0 Å². The first-order chi connectivity index (χ1) is 18.7. The smallest absolute Gasteiger partial charge is 0.267 e. The van der Waals surface area contributed by atoms with Gasteiger partial charge in [-0.05, 0) is 36.4 Å². The zero-order valence-electron chi connectivity index (χ0n) is 20.0. The summed E-state index contributed by atoms with van der Waals surface area (Å²) in [6.07, 6.45) is 3.31. The van der Waals surface area contributed by atoms with Crippen LogP contribution in [0, 0.1) is 0 Å². The Balaban J connectivity index is 1.34. The Morgan fingerprint density at radius 3 is 1.37 bits per heavy atom. The SMILES string of the molecule is O=C(NNC(=O)c1cc2cccnc2nc1-c1ccccc1)c1cc2cccnc2nc1-c1ccccc1. The summed E-state index contributed by atoms with van der Waals surface area (Å²) in [4.78, 5) is 44.7. The van der Waals surface area contributed by atoms with Crippen molar-refractivity contribution in [1.82, 2.24) is 30.8 Å². The second kappa shape index (κ2) is 9.87. The zero-order valence-corrected chi connectivity index (χ0v) is 20.0. The number of nitrogens with one attached hydrogen (secondary N) is 2. The molecule has 0 radical (unpaired) electrons. The molecule has 0 saturated heterocycles. The van der Waals surface area contributed by atoms with Gasteiger partial charge in [0.05, 0.1) is 22.5 Å². The van der Waals surface area contributed by atoms with Crippen LogP contribution in [-0.2, 0) is 0 Å². The van der Waals surface area contributed by atoms with E-state index in [2.05, 4.69) is 30.8 Å². The molecule has 8 nitrogen and oxygen atoms in total. The lowest BCUT2D eigenvalue weighted by atomic mass is 10.0. The van der Waals surface area contributed by atoms with Gasteiger partial charge in [0.1, 0.15) is 0 Å². The summed E-state index contributed by atoms with van der Waals surface area (Å²) in [5.74, 6) is -1.01. The fourth-order valence-corrected chi connectivity index (χ4v) is 4.24. The van der Waals surface area contributed by atoms with Crippen LogP contribution < -0.4 is 10.9 Å². The summed E-state index contributed by atoms with van der Waals surface area (Å²) in [5, 5.41) is 1.42. The Hall–Kier alpha value is -5.50. The van der Waals surface area contributed by atoms with E-state index in [1.807, 2.05) is 72.8 Å². The number of carbonyl (C=O) groups is 2. The first-order valence-electron chi connectivity index (χ1n) is 11.9. The highest BCUT2D eigenvalue weighted by molar-refractivity contribution is 6.06. The molecule has 0 bridgehead atoms. The number of nitrogens with zero attached hydrogens (tertiary/aromatic N) is 4. The van der Waals surface area contributed by atoms with Crippen molar-refractivity contribution in [2.45, 2.75) is 0 Å². The highest BCUT2D eigenvalue weighted by Crippen LogP contribution is 2.26. The third-order valence-corrected chi connectivity index (χ3v) is 6.05. The first kappa shape index (κ1) is 22.9. The largest absolute Gasteiger partial charge is 0.271 e. The Bertz CT molecular complexity index is 1670. The maximum atomic E-state index is 13.4. The normalized spacial score (nSPS) is 10.8. The lowest BCUT2D eigenvalue weighted by Crippen LogP contribution is -2.42. The van der Waals surface area contributed by atoms with Gasteiger partial charge in [-0.3, -0.25) is 20.4 Å². The molecule has 0 unspecified atom stereocenters. The summed E-state index contributed by atoms with van der Waals surface area (Å²) in [6, 6.07) is 29.4. The third kappa shape index (κ3) is 4.42. The Kier molecular flexibility index (Phi) is 5.95. The van der Waals surface area contributed by atoms with Gasteiger partial charge in [0.15, 0.2) is 11.3 Å². The molecule has 2 N–H and O–H groups in total. The standard InChI is InChI=1S/C30H20N6O2/c37-29(23-17-21-13-7-15-31-27(21)33-25(23)19-9-3-1-4-10-19)35-36-30(38)24-18-22-14-8-16-32-28(22)34-26(24)20-11-5-2-6-12-20/h1-18H,(H,35,37)(H,36,38). The second-order valence-corrected chi connectivity index (χ2v) is 8.51. The Morgan fingerprint density at radius 1 is 0.526 bits per heavy atom. The van der Waals surface area contributed by atoms with E-state index in [1.165, 1.54) is 0 Å². The van der Waals surface area contributed by atoms with Crippen molar-refractivity contribution in [3.05, 3.63) is 121 Å². The molecule has 6 aromatic rings. The molecule has 4 aromatic heterocycles. The summed E-state index contributed by atoms with van der Waals surface area (Å²) < 4.78 is 0. The van der Waals surface area contributed by atoms with E-state index < -0.39 is 11.8 Å². The van der Waals surface area contributed by atoms with Crippen LogP contribution in [0.3, 0.4) is 0 Å². The Morgan fingerprint density at radius 2 is 0.947 bits per heavy atom. The number of pyridine rings is 4. The van der Waals surface area contributed by atoms with Gasteiger partial charge in [-0.1, -0.05) is 60.7 Å². The van der Waals surface area contributed by atoms with Crippen LogP contribution >= 0.6 is 0 Å². The first-order valence-corrected chi connectivity index (χ1v) is 11.9. The molecule has 2 aromatic carbocycles. The van der Waals surface area contributed by atoms with E-state index in [1.54, 1.807) is 36.7 Å². The van der Waals surface area contributed by atoms with E-state index in [0.29, 0.717) is 44.6 Å².